The molecule has 1 aliphatic rings. The largest absolute Gasteiger partial charge is 0.479 e. The van der Waals surface area contributed by atoms with Gasteiger partial charge in [-0.2, -0.15) is 26.3 Å². The Kier molecular flexibility index (Phi) is 3.83. The fourth-order valence-electron chi connectivity index (χ4n) is 2.14. The van der Waals surface area contributed by atoms with Gasteiger partial charge in [0.25, 0.3) is 0 Å². The van der Waals surface area contributed by atoms with Crippen molar-refractivity contribution in [1.29, 1.82) is 0 Å². The summed E-state index contributed by atoms with van der Waals surface area (Å²) in [5.41, 5.74) is -8.19. The van der Waals surface area contributed by atoms with Gasteiger partial charge in [0, 0.05) is 0 Å². The van der Waals surface area contributed by atoms with Gasteiger partial charge in [-0.05, 0) is 0 Å². The summed E-state index contributed by atoms with van der Waals surface area (Å²) in [5, 5.41) is 8.61. The second-order valence-corrected chi connectivity index (χ2v) is 6.00. The maximum atomic E-state index is 14.1. The smallest absolute Gasteiger partial charge is 0.380 e. The molecule has 0 radical (unpaired) electrons. The first kappa shape index (κ1) is 19.0. The van der Waals surface area contributed by atoms with Gasteiger partial charge in [-0.15, -0.1) is 0 Å². The minimum Gasteiger partial charge on any atom is -0.479 e. The minimum absolute atomic E-state index is 2.33. The number of alkyl halides is 8. The van der Waals surface area contributed by atoms with E-state index in [9.17, 15) is 44.3 Å². The second kappa shape index (κ2) is 4.84. The Morgan fingerprint density at radius 1 is 0.833 bits per heavy atom. The molecule has 0 aromatic heterocycles. The standard InChI is InChI=1S/C11HCl2F9O2/c12-8(13,7(23)24)3-4(14)1-2(5(15)6(3)16)10(19,20)11(21,22)9(1,17)18/h(H,23,24). The summed E-state index contributed by atoms with van der Waals surface area (Å²) < 4.78 is 118. The van der Waals surface area contributed by atoms with Crippen LogP contribution in [0.2, 0.25) is 0 Å². The number of aliphatic carboxylic acids is 1. The Morgan fingerprint density at radius 2 is 1.21 bits per heavy atom. The first-order valence-corrected chi connectivity index (χ1v) is 6.26. The molecular weight excluding hydrogens is 406 g/mol. The summed E-state index contributed by atoms with van der Waals surface area (Å²) in [6.07, 6.45) is 0. The Balaban J connectivity index is 3.06. The van der Waals surface area contributed by atoms with Gasteiger partial charge >= 0.3 is 23.7 Å². The number of carbonyl (C=O) groups is 1. The summed E-state index contributed by atoms with van der Waals surface area (Å²) in [7, 11) is 0. The van der Waals surface area contributed by atoms with Gasteiger partial charge in [0.1, 0.15) is 5.82 Å². The third-order valence-electron chi connectivity index (χ3n) is 3.32. The molecule has 24 heavy (non-hydrogen) atoms. The molecule has 2 nitrogen and oxygen atoms in total. The molecule has 0 aliphatic heterocycles. The van der Waals surface area contributed by atoms with Crippen molar-refractivity contribution < 1.29 is 49.4 Å². The Hall–Kier alpha value is -1.36. The van der Waals surface area contributed by atoms with Crippen molar-refractivity contribution in [3.05, 3.63) is 34.1 Å². The first-order chi connectivity index (χ1) is 10.5. The van der Waals surface area contributed by atoms with E-state index >= 15 is 0 Å². The van der Waals surface area contributed by atoms with E-state index in [1.807, 2.05) is 0 Å². The van der Waals surface area contributed by atoms with Crippen LogP contribution in [0.5, 0.6) is 0 Å². The molecule has 0 fully saturated rings. The molecule has 0 unspecified atom stereocenters. The maximum absolute atomic E-state index is 14.1. The molecule has 0 heterocycles. The number of carboxylic acids is 1. The lowest BCUT2D eigenvalue weighted by molar-refractivity contribution is -0.303. The van der Waals surface area contributed by atoms with Crippen LogP contribution >= 0.6 is 23.2 Å². The van der Waals surface area contributed by atoms with Crippen molar-refractivity contribution in [2.75, 3.05) is 0 Å². The molecule has 0 bridgehead atoms. The van der Waals surface area contributed by atoms with Gasteiger partial charge < -0.3 is 5.11 Å². The molecule has 1 aromatic carbocycles. The monoisotopic (exact) mass is 406 g/mol. The van der Waals surface area contributed by atoms with Crippen molar-refractivity contribution in [2.45, 2.75) is 22.1 Å². The van der Waals surface area contributed by atoms with Crippen molar-refractivity contribution in [1.82, 2.24) is 0 Å². The Morgan fingerprint density at radius 3 is 1.58 bits per heavy atom. The zero-order chi connectivity index (χ0) is 19.0. The molecule has 2 rings (SSSR count). The Bertz CT molecular complexity index is 761. The topological polar surface area (TPSA) is 37.3 Å². The molecule has 0 atom stereocenters. The van der Waals surface area contributed by atoms with E-state index in [2.05, 4.69) is 0 Å². The quantitative estimate of drug-likeness (QED) is 0.441. The van der Waals surface area contributed by atoms with Gasteiger partial charge in [-0.25, -0.2) is 18.0 Å². The summed E-state index contributed by atoms with van der Waals surface area (Å²) in [5.74, 6) is -29.6. The van der Waals surface area contributed by atoms with E-state index in [1.54, 1.807) is 0 Å². The predicted molar refractivity (Wildman–Crippen MR) is 60.1 cm³/mol. The third-order valence-corrected chi connectivity index (χ3v) is 4.02. The van der Waals surface area contributed by atoms with Crippen molar-refractivity contribution in [2.24, 2.45) is 0 Å². The summed E-state index contributed by atoms with van der Waals surface area (Å²) >= 11 is 10.0. The molecule has 0 saturated heterocycles. The molecule has 0 amide bonds. The summed E-state index contributed by atoms with van der Waals surface area (Å²) in [4.78, 5) is 10.8. The van der Waals surface area contributed by atoms with Gasteiger partial charge in [0.05, 0.1) is 16.7 Å². The number of hydrogen-bond acceptors (Lipinski definition) is 1. The highest BCUT2D eigenvalue weighted by atomic mass is 35.5. The van der Waals surface area contributed by atoms with Crippen molar-refractivity contribution in [3.63, 3.8) is 0 Å². The molecule has 134 valence electrons. The normalized spacial score (nSPS) is 20.8. The molecule has 1 aromatic rings. The van der Waals surface area contributed by atoms with E-state index < -0.39 is 62.2 Å². The van der Waals surface area contributed by atoms with Gasteiger partial charge in [-0.1, -0.05) is 23.2 Å². The number of fused-ring (bicyclic) bond motifs is 1. The van der Waals surface area contributed by atoms with Crippen LogP contribution in [-0.4, -0.2) is 17.0 Å². The van der Waals surface area contributed by atoms with Crippen LogP contribution in [0.1, 0.15) is 16.7 Å². The summed E-state index contributed by atoms with van der Waals surface area (Å²) in [6.45, 7) is 0. The molecular formula is C11HCl2F9O2. The van der Waals surface area contributed by atoms with Crippen LogP contribution in [0.3, 0.4) is 0 Å². The molecule has 1 aliphatic carbocycles. The zero-order valence-electron chi connectivity index (χ0n) is 10.5. The second-order valence-electron chi connectivity index (χ2n) is 4.67. The van der Waals surface area contributed by atoms with Crippen LogP contribution in [0, 0.1) is 17.5 Å². The highest BCUT2D eigenvalue weighted by Crippen LogP contribution is 2.65. The van der Waals surface area contributed by atoms with E-state index in [4.69, 9.17) is 28.3 Å². The van der Waals surface area contributed by atoms with E-state index in [0.29, 0.717) is 0 Å². The highest BCUT2D eigenvalue weighted by Gasteiger charge is 2.81. The van der Waals surface area contributed by atoms with Gasteiger partial charge in [-0.3, -0.25) is 0 Å². The predicted octanol–water partition coefficient (Wildman–Crippen LogP) is 4.65. The van der Waals surface area contributed by atoms with Crippen LogP contribution in [0.4, 0.5) is 39.5 Å². The molecule has 1 N–H and O–H groups in total. The molecule has 13 heteroatoms. The highest BCUT2D eigenvalue weighted by molar-refractivity contribution is 6.56. The molecule has 0 spiro atoms. The third kappa shape index (κ3) is 1.91. The van der Waals surface area contributed by atoms with Crippen LogP contribution in [-0.2, 0) is 21.0 Å². The van der Waals surface area contributed by atoms with E-state index in [0.717, 1.165) is 0 Å². The number of rotatable bonds is 2. The molecule has 0 saturated carbocycles. The fraction of sp³-hybridized carbons (Fsp3) is 0.364. The Labute approximate surface area is 135 Å². The van der Waals surface area contributed by atoms with Gasteiger partial charge in [0.2, 0.25) is 4.33 Å². The van der Waals surface area contributed by atoms with E-state index in [1.165, 1.54) is 0 Å². The van der Waals surface area contributed by atoms with Crippen molar-refractivity contribution in [3.8, 4) is 0 Å². The zero-order valence-corrected chi connectivity index (χ0v) is 12.0. The first-order valence-electron chi connectivity index (χ1n) is 5.51. The number of benzene rings is 1. The SMILES string of the molecule is O=C(O)C(Cl)(Cl)c1c(F)c(F)c2c(c1F)C(F)(F)C(F)(F)C2(F)F. The van der Waals surface area contributed by atoms with Crippen LogP contribution in [0.25, 0.3) is 0 Å². The number of carboxylic acid groups (broad SMARTS) is 1. The van der Waals surface area contributed by atoms with Gasteiger partial charge in [0.15, 0.2) is 11.6 Å². The lowest BCUT2D eigenvalue weighted by Crippen LogP contribution is -2.43. The van der Waals surface area contributed by atoms with E-state index in [-0.39, 0.29) is 0 Å². The average Bonchev–Trinajstić information content (AvgIpc) is 2.51. The van der Waals surface area contributed by atoms with Crippen LogP contribution in [0.15, 0.2) is 0 Å². The average molecular weight is 407 g/mol. The van der Waals surface area contributed by atoms with Crippen molar-refractivity contribution >= 4 is 29.2 Å². The lowest BCUT2D eigenvalue weighted by Gasteiger charge is -2.23. The number of hydrogen-bond donors (Lipinski definition) is 1. The minimum atomic E-state index is -6.32. The summed E-state index contributed by atoms with van der Waals surface area (Å²) in [6, 6.07) is 0. The lowest BCUT2D eigenvalue weighted by atomic mass is 9.99. The van der Waals surface area contributed by atoms with Crippen LogP contribution < -0.4 is 0 Å². The maximum Gasteiger partial charge on any atom is 0.380 e. The number of halogens is 11. The fourth-order valence-corrected chi connectivity index (χ4v) is 2.48.